The van der Waals surface area contributed by atoms with E-state index in [1.165, 1.54) is 0 Å². The highest BCUT2D eigenvalue weighted by molar-refractivity contribution is 5.88. The van der Waals surface area contributed by atoms with E-state index < -0.39 is 0 Å². The Morgan fingerprint density at radius 3 is 2.45 bits per heavy atom. The lowest BCUT2D eigenvalue weighted by atomic mass is 9.95. The van der Waals surface area contributed by atoms with Crippen molar-refractivity contribution < 1.29 is 9.59 Å². The molecule has 0 aliphatic carbocycles. The number of nitrogens with zero attached hydrogens (tertiary/aromatic N) is 1. The van der Waals surface area contributed by atoms with Gasteiger partial charge in [0.25, 0.3) is 0 Å². The molecule has 31 heavy (non-hydrogen) atoms. The van der Waals surface area contributed by atoms with E-state index in [1.54, 1.807) is 17.1 Å². The maximum atomic E-state index is 13.3. The van der Waals surface area contributed by atoms with Crippen LogP contribution in [-0.2, 0) is 16.1 Å². The predicted molar refractivity (Wildman–Crippen MR) is 126 cm³/mol. The molecule has 166 valence electrons. The Labute approximate surface area is 185 Å². The van der Waals surface area contributed by atoms with Gasteiger partial charge in [0.2, 0.25) is 5.91 Å². The lowest BCUT2D eigenvalue weighted by Gasteiger charge is -2.31. The average molecular weight is 423 g/mol. The maximum absolute atomic E-state index is 13.3. The normalized spacial score (nSPS) is 19.5. The minimum atomic E-state index is -0.124. The molecule has 2 rings (SSSR count). The number of fused-ring (bicyclic) bond motifs is 1. The summed E-state index contributed by atoms with van der Waals surface area (Å²) in [7, 11) is 0. The Morgan fingerprint density at radius 1 is 1.16 bits per heavy atom. The molecule has 0 fully saturated rings. The van der Waals surface area contributed by atoms with E-state index in [1.807, 2.05) is 45.0 Å². The van der Waals surface area contributed by atoms with Gasteiger partial charge < -0.3 is 15.6 Å². The molecule has 1 amide bonds. The molecular weight excluding hydrogens is 388 g/mol. The van der Waals surface area contributed by atoms with E-state index in [0.29, 0.717) is 18.8 Å². The van der Waals surface area contributed by atoms with Gasteiger partial charge in [0.05, 0.1) is 23.6 Å². The standard InChI is InChI=1S/C25H34N4O2/c1-6-17(5)22(30)14-15-23(31)29-16-18-12-10-11-13-20(18)25(28-26)24(27-9-4)19(7-2)21(29)8-3/h7-8,10-13,17,27-28H,2-3,6,9,14-16,26H2,1,4-5H3/b21-19-,25-24-. The van der Waals surface area contributed by atoms with Crippen LogP contribution in [-0.4, -0.2) is 23.1 Å². The predicted octanol–water partition coefficient (Wildman–Crippen LogP) is 3.79. The van der Waals surface area contributed by atoms with Gasteiger partial charge in [0.1, 0.15) is 5.78 Å². The van der Waals surface area contributed by atoms with Crippen molar-refractivity contribution in [2.75, 3.05) is 6.54 Å². The number of nitrogens with two attached hydrogens (primary N) is 1. The highest BCUT2D eigenvalue weighted by Crippen LogP contribution is 2.32. The average Bonchev–Trinajstić information content (AvgIpc) is 2.78. The molecule has 1 atom stereocenters. The number of hydrogen-bond acceptors (Lipinski definition) is 5. The minimum absolute atomic E-state index is 0.0412. The first-order valence-electron chi connectivity index (χ1n) is 10.8. The number of Topliss-reactive ketones (excluding diaryl/α,β-unsaturated/α-hetero) is 1. The van der Waals surface area contributed by atoms with E-state index in [-0.39, 0.29) is 30.4 Å². The monoisotopic (exact) mass is 422 g/mol. The van der Waals surface area contributed by atoms with Gasteiger partial charge in [-0.2, -0.15) is 0 Å². The number of ketones is 1. The summed E-state index contributed by atoms with van der Waals surface area (Å²) in [6, 6.07) is 7.81. The maximum Gasteiger partial charge on any atom is 0.227 e. The second-order valence-corrected chi connectivity index (χ2v) is 7.54. The number of nitrogens with one attached hydrogen (secondary N) is 2. The Kier molecular flexibility index (Phi) is 8.82. The van der Waals surface area contributed by atoms with Crippen LogP contribution in [0.3, 0.4) is 0 Å². The highest BCUT2D eigenvalue weighted by atomic mass is 16.2. The third-order valence-corrected chi connectivity index (χ3v) is 5.64. The van der Waals surface area contributed by atoms with Crippen LogP contribution in [0.4, 0.5) is 0 Å². The Bertz CT molecular complexity index is 914. The van der Waals surface area contributed by atoms with Gasteiger partial charge >= 0.3 is 0 Å². The zero-order valence-electron chi connectivity index (χ0n) is 18.8. The van der Waals surface area contributed by atoms with Crippen molar-refractivity contribution in [2.24, 2.45) is 11.8 Å². The minimum Gasteiger partial charge on any atom is -0.383 e. The van der Waals surface area contributed by atoms with E-state index in [2.05, 4.69) is 23.9 Å². The lowest BCUT2D eigenvalue weighted by Crippen LogP contribution is -2.35. The number of hydrazine groups is 1. The van der Waals surface area contributed by atoms with Gasteiger partial charge in [0, 0.05) is 36.4 Å². The zero-order chi connectivity index (χ0) is 23.0. The van der Waals surface area contributed by atoms with Crippen LogP contribution >= 0.6 is 0 Å². The molecule has 0 saturated heterocycles. The lowest BCUT2D eigenvalue weighted by molar-refractivity contribution is -0.132. The van der Waals surface area contributed by atoms with Gasteiger partial charge in [0.15, 0.2) is 0 Å². The van der Waals surface area contributed by atoms with Crippen molar-refractivity contribution in [2.45, 2.75) is 46.6 Å². The summed E-state index contributed by atoms with van der Waals surface area (Å²) in [5.41, 5.74) is 7.50. The molecule has 4 N–H and O–H groups in total. The molecule has 1 aromatic rings. The topological polar surface area (TPSA) is 87.5 Å². The smallest absolute Gasteiger partial charge is 0.227 e. The Balaban J connectivity index is 2.61. The van der Waals surface area contributed by atoms with Crippen molar-refractivity contribution in [3.63, 3.8) is 0 Å². The number of amides is 1. The van der Waals surface area contributed by atoms with Crippen molar-refractivity contribution in [3.8, 4) is 0 Å². The second kappa shape index (κ2) is 11.3. The van der Waals surface area contributed by atoms with Gasteiger partial charge in [-0.15, -0.1) is 0 Å². The number of allylic oxidation sites excluding steroid dienone is 2. The molecule has 0 bridgehead atoms. The summed E-state index contributed by atoms with van der Waals surface area (Å²) in [5.74, 6) is 5.88. The molecule has 0 radical (unpaired) electrons. The largest absolute Gasteiger partial charge is 0.383 e. The van der Waals surface area contributed by atoms with E-state index in [0.717, 1.165) is 34.5 Å². The van der Waals surface area contributed by atoms with Crippen LogP contribution < -0.4 is 16.6 Å². The number of hydrogen-bond donors (Lipinski definition) is 3. The Hall–Kier alpha value is -3.12. The number of benzene rings is 1. The van der Waals surface area contributed by atoms with E-state index in [9.17, 15) is 9.59 Å². The molecule has 0 saturated carbocycles. The SMILES string of the molecule is C=CC1=C(\C=C)N(C(=O)CCC(=O)C(C)CC)Cc2ccccc2/C(NN)=C\1NCC. The number of carbonyl (C=O) groups excluding carboxylic acids is 2. The molecule has 6 heteroatoms. The molecular formula is C25H34N4O2. The number of rotatable bonds is 10. The second-order valence-electron chi connectivity index (χ2n) is 7.54. The fourth-order valence-corrected chi connectivity index (χ4v) is 3.70. The highest BCUT2D eigenvalue weighted by Gasteiger charge is 2.27. The Morgan fingerprint density at radius 2 is 1.87 bits per heavy atom. The first-order valence-corrected chi connectivity index (χ1v) is 10.8. The zero-order valence-corrected chi connectivity index (χ0v) is 18.8. The van der Waals surface area contributed by atoms with Crippen LogP contribution in [0.2, 0.25) is 0 Å². The fourth-order valence-electron chi connectivity index (χ4n) is 3.70. The van der Waals surface area contributed by atoms with Gasteiger partial charge in [-0.05, 0) is 25.0 Å². The number of likely N-dealkylation sites (N-methyl/N-ethyl adjacent to an activating group) is 1. The van der Waals surface area contributed by atoms with Crippen LogP contribution in [0.15, 0.2) is 66.5 Å². The summed E-state index contributed by atoms with van der Waals surface area (Å²) in [5, 5.41) is 3.36. The van der Waals surface area contributed by atoms with Crippen LogP contribution in [0.1, 0.15) is 51.2 Å². The van der Waals surface area contributed by atoms with Gasteiger partial charge in [-0.3, -0.25) is 15.4 Å². The van der Waals surface area contributed by atoms with Crippen molar-refractivity contribution >= 4 is 17.4 Å². The fraction of sp³-hybridized carbons (Fsp3) is 0.360. The molecule has 1 heterocycles. The van der Waals surface area contributed by atoms with Crippen LogP contribution in [0.25, 0.3) is 5.70 Å². The van der Waals surface area contributed by atoms with Crippen LogP contribution in [0, 0.1) is 5.92 Å². The molecule has 1 aliphatic heterocycles. The van der Waals surface area contributed by atoms with E-state index >= 15 is 0 Å². The van der Waals surface area contributed by atoms with Crippen molar-refractivity contribution in [1.82, 2.24) is 15.6 Å². The summed E-state index contributed by atoms with van der Waals surface area (Å²) < 4.78 is 0. The van der Waals surface area contributed by atoms with Crippen molar-refractivity contribution in [1.29, 1.82) is 0 Å². The van der Waals surface area contributed by atoms with Crippen LogP contribution in [0.5, 0.6) is 0 Å². The number of carbonyl (C=O) groups is 2. The van der Waals surface area contributed by atoms with Gasteiger partial charge in [-0.25, -0.2) is 0 Å². The molecule has 6 nitrogen and oxygen atoms in total. The summed E-state index contributed by atoms with van der Waals surface area (Å²) >= 11 is 0. The third-order valence-electron chi connectivity index (χ3n) is 5.64. The summed E-state index contributed by atoms with van der Waals surface area (Å²) in [6.07, 6.45) is 4.50. The van der Waals surface area contributed by atoms with Gasteiger partial charge in [-0.1, -0.05) is 57.3 Å². The summed E-state index contributed by atoms with van der Waals surface area (Å²) in [4.78, 5) is 27.3. The molecule has 1 unspecified atom stereocenters. The molecule has 1 aliphatic rings. The van der Waals surface area contributed by atoms with Crippen molar-refractivity contribution in [3.05, 3.63) is 77.7 Å². The molecule has 0 spiro atoms. The quantitative estimate of drug-likeness (QED) is 0.394. The molecule has 0 aromatic heterocycles. The summed E-state index contributed by atoms with van der Waals surface area (Å²) in [6.45, 7) is 14.8. The third kappa shape index (κ3) is 5.33. The first kappa shape index (κ1) is 24.2. The first-order chi connectivity index (χ1) is 14.9. The van der Waals surface area contributed by atoms with E-state index in [4.69, 9.17) is 5.84 Å². The molecule has 1 aromatic carbocycles.